The predicted molar refractivity (Wildman–Crippen MR) is 75.4 cm³/mol. The van der Waals surface area contributed by atoms with E-state index in [2.05, 4.69) is 4.98 Å². The van der Waals surface area contributed by atoms with E-state index < -0.39 is 0 Å². The minimum atomic E-state index is 0.0695. The zero-order valence-electron chi connectivity index (χ0n) is 11.8. The van der Waals surface area contributed by atoms with Crippen LogP contribution in [-0.4, -0.2) is 22.3 Å². The van der Waals surface area contributed by atoms with E-state index in [-0.39, 0.29) is 11.9 Å². The molecular weight excluding hydrogens is 252 g/mol. The van der Waals surface area contributed by atoms with Crippen LogP contribution in [0.5, 0.6) is 0 Å². The fourth-order valence-corrected chi connectivity index (χ4v) is 2.96. The molecule has 0 aromatic carbocycles. The van der Waals surface area contributed by atoms with Crippen molar-refractivity contribution in [1.29, 1.82) is 0 Å². The average molecular weight is 270 g/mol. The van der Waals surface area contributed by atoms with Crippen molar-refractivity contribution >= 4 is 5.91 Å². The smallest absolute Gasteiger partial charge is 0.258 e. The summed E-state index contributed by atoms with van der Waals surface area (Å²) >= 11 is 0. The van der Waals surface area contributed by atoms with Crippen LogP contribution in [0.4, 0.5) is 0 Å². The molecule has 1 unspecified atom stereocenters. The Morgan fingerprint density at radius 3 is 2.95 bits per heavy atom. The summed E-state index contributed by atoms with van der Waals surface area (Å²) in [5.74, 6) is 0.768. The molecule has 104 valence electrons. The number of aromatic nitrogens is 1. The summed E-state index contributed by atoms with van der Waals surface area (Å²) in [6.07, 6.45) is 7.28. The maximum atomic E-state index is 12.8. The molecule has 1 saturated heterocycles. The van der Waals surface area contributed by atoms with Gasteiger partial charge in [0.25, 0.3) is 5.91 Å². The second-order valence-corrected chi connectivity index (χ2v) is 5.29. The van der Waals surface area contributed by atoms with Gasteiger partial charge in [0.1, 0.15) is 5.76 Å². The lowest BCUT2D eigenvalue weighted by Gasteiger charge is -2.25. The third kappa shape index (κ3) is 2.11. The van der Waals surface area contributed by atoms with Gasteiger partial charge in [-0.05, 0) is 38.3 Å². The van der Waals surface area contributed by atoms with Crippen LogP contribution < -0.4 is 0 Å². The molecule has 2 aromatic rings. The lowest BCUT2D eigenvalue weighted by atomic mass is 10.1. The van der Waals surface area contributed by atoms with E-state index in [0.29, 0.717) is 11.3 Å². The summed E-state index contributed by atoms with van der Waals surface area (Å²) in [6.45, 7) is 4.55. The van der Waals surface area contributed by atoms with E-state index in [4.69, 9.17) is 4.42 Å². The number of aryl methyl sites for hydroxylation is 2. The summed E-state index contributed by atoms with van der Waals surface area (Å²) in [6, 6.07) is 4.09. The van der Waals surface area contributed by atoms with Gasteiger partial charge in [0.15, 0.2) is 0 Å². The van der Waals surface area contributed by atoms with Crippen LogP contribution in [-0.2, 0) is 0 Å². The molecule has 0 radical (unpaired) electrons. The van der Waals surface area contributed by atoms with Crippen molar-refractivity contribution in [1.82, 2.24) is 9.88 Å². The molecule has 1 aliphatic heterocycles. The van der Waals surface area contributed by atoms with Gasteiger partial charge in [-0.15, -0.1) is 0 Å². The van der Waals surface area contributed by atoms with E-state index in [9.17, 15) is 4.79 Å². The number of amides is 1. The number of furan rings is 1. The molecule has 1 aliphatic rings. The number of hydrogen-bond donors (Lipinski definition) is 0. The van der Waals surface area contributed by atoms with Crippen LogP contribution in [0, 0.1) is 13.8 Å². The SMILES string of the molecule is Cc1coc(C)c1C(=O)N1CCCC1c1cccnc1. The Labute approximate surface area is 118 Å². The first-order chi connectivity index (χ1) is 9.68. The van der Waals surface area contributed by atoms with Gasteiger partial charge in [-0.2, -0.15) is 0 Å². The molecule has 4 nitrogen and oxygen atoms in total. The number of carbonyl (C=O) groups is 1. The van der Waals surface area contributed by atoms with Gasteiger partial charge in [0.05, 0.1) is 17.9 Å². The van der Waals surface area contributed by atoms with Crippen molar-refractivity contribution in [2.24, 2.45) is 0 Å². The highest BCUT2D eigenvalue weighted by atomic mass is 16.3. The van der Waals surface area contributed by atoms with Crippen molar-refractivity contribution in [2.75, 3.05) is 6.54 Å². The second kappa shape index (κ2) is 5.12. The van der Waals surface area contributed by atoms with Crippen LogP contribution in [0.3, 0.4) is 0 Å². The van der Waals surface area contributed by atoms with Crippen LogP contribution in [0.25, 0.3) is 0 Å². The van der Waals surface area contributed by atoms with Gasteiger partial charge in [0, 0.05) is 24.5 Å². The van der Waals surface area contributed by atoms with E-state index in [0.717, 1.165) is 30.5 Å². The second-order valence-electron chi connectivity index (χ2n) is 5.29. The summed E-state index contributed by atoms with van der Waals surface area (Å²) < 4.78 is 5.36. The molecule has 3 heterocycles. The fraction of sp³-hybridized carbons (Fsp3) is 0.375. The van der Waals surface area contributed by atoms with Crippen LogP contribution in [0.2, 0.25) is 0 Å². The van der Waals surface area contributed by atoms with Gasteiger partial charge >= 0.3 is 0 Å². The highest BCUT2D eigenvalue weighted by Crippen LogP contribution is 2.33. The largest absolute Gasteiger partial charge is 0.469 e. The summed E-state index contributed by atoms with van der Waals surface area (Å²) in [4.78, 5) is 18.9. The van der Waals surface area contributed by atoms with E-state index >= 15 is 0 Å². The lowest BCUT2D eigenvalue weighted by molar-refractivity contribution is 0.0733. The fourth-order valence-electron chi connectivity index (χ4n) is 2.96. The Kier molecular flexibility index (Phi) is 3.30. The molecule has 4 heteroatoms. The minimum absolute atomic E-state index is 0.0695. The number of rotatable bonds is 2. The standard InChI is InChI=1S/C16H18N2O2/c1-11-10-20-12(2)15(11)16(19)18-8-4-6-14(18)13-5-3-7-17-9-13/h3,5,7,9-10,14H,4,6,8H2,1-2H3. The zero-order valence-corrected chi connectivity index (χ0v) is 11.8. The molecule has 0 N–H and O–H groups in total. The van der Waals surface area contributed by atoms with E-state index in [1.54, 1.807) is 12.5 Å². The molecule has 0 saturated carbocycles. The molecule has 1 fully saturated rings. The summed E-state index contributed by atoms with van der Waals surface area (Å²) in [5, 5.41) is 0. The normalized spacial score (nSPS) is 18.5. The van der Waals surface area contributed by atoms with Gasteiger partial charge < -0.3 is 9.32 Å². The predicted octanol–water partition coefficient (Wildman–Crippen LogP) is 3.27. The van der Waals surface area contributed by atoms with E-state index in [1.807, 2.05) is 37.1 Å². The molecule has 1 amide bonds. The van der Waals surface area contributed by atoms with Gasteiger partial charge in [-0.1, -0.05) is 6.07 Å². The minimum Gasteiger partial charge on any atom is -0.469 e. The molecule has 1 atom stereocenters. The number of likely N-dealkylation sites (tertiary alicyclic amines) is 1. The maximum absolute atomic E-state index is 12.8. The average Bonchev–Trinajstić information content (AvgIpc) is 3.07. The van der Waals surface area contributed by atoms with Crippen LogP contribution >= 0.6 is 0 Å². The Bertz CT molecular complexity index is 599. The Balaban J connectivity index is 1.91. The third-order valence-electron chi connectivity index (χ3n) is 3.96. The summed E-state index contributed by atoms with van der Waals surface area (Å²) in [7, 11) is 0. The quantitative estimate of drug-likeness (QED) is 0.841. The first-order valence-electron chi connectivity index (χ1n) is 6.94. The Hall–Kier alpha value is -2.10. The first kappa shape index (κ1) is 12.9. The van der Waals surface area contributed by atoms with Crippen molar-refractivity contribution in [3.63, 3.8) is 0 Å². The molecule has 0 bridgehead atoms. The highest BCUT2D eigenvalue weighted by molar-refractivity contribution is 5.97. The molecule has 2 aromatic heterocycles. The number of nitrogens with zero attached hydrogens (tertiary/aromatic N) is 2. The van der Waals surface area contributed by atoms with Gasteiger partial charge in [-0.25, -0.2) is 0 Å². The van der Waals surface area contributed by atoms with E-state index in [1.165, 1.54) is 0 Å². The molecule has 0 aliphatic carbocycles. The zero-order chi connectivity index (χ0) is 14.1. The molecule has 0 spiro atoms. The lowest BCUT2D eigenvalue weighted by Crippen LogP contribution is -2.31. The first-order valence-corrected chi connectivity index (χ1v) is 6.94. The van der Waals surface area contributed by atoms with Crippen molar-refractivity contribution in [3.8, 4) is 0 Å². The molecular formula is C16H18N2O2. The van der Waals surface area contributed by atoms with Gasteiger partial charge in [-0.3, -0.25) is 9.78 Å². The number of pyridine rings is 1. The molecule has 3 rings (SSSR count). The summed E-state index contributed by atoms with van der Waals surface area (Å²) in [5.41, 5.74) is 2.72. The third-order valence-corrected chi connectivity index (χ3v) is 3.96. The Morgan fingerprint density at radius 2 is 2.30 bits per heavy atom. The van der Waals surface area contributed by atoms with Gasteiger partial charge in [0.2, 0.25) is 0 Å². The topological polar surface area (TPSA) is 46.3 Å². The van der Waals surface area contributed by atoms with Crippen molar-refractivity contribution in [3.05, 3.63) is 53.2 Å². The number of hydrogen-bond acceptors (Lipinski definition) is 3. The van der Waals surface area contributed by atoms with Crippen molar-refractivity contribution < 1.29 is 9.21 Å². The van der Waals surface area contributed by atoms with Crippen molar-refractivity contribution in [2.45, 2.75) is 32.7 Å². The monoisotopic (exact) mass is 270 g/mol. The maximum Gasteiger partial charge on any atom is 0.258 e. The molecule has 20 heavy (non-hydrogen) atoms. The van der Waals surface area contributed by atoms with Crippen LogP contribution in [0.1, 0.15) is 46.1 Å². The Morgan fingerprint density at radius 1 is 1.45 bits per heavy atom. The number of carbonyl (C=O) groups excluding carboxylic acids is 1. The van der Waals surface area contributed by atoms with Crippen LogP contribution in [0.15, 0.2) is 35.2 Å². The highest BCUT2D eigenvalue weighted by Gasteiger charge is 2.32.